The van der Waals surface area contributed by atoms with Gasteiger partial charge in [-0.3, -0.25) is 0 Å². The average Bonchev–Trinajstić information content (AvgIpc) is 2.65. The second-order valence-electron chi connectivity index (χ2n) is 8.61. The number of ether oxygens (including phenoxy) is 2. The predicted molar refractivity (Wildman–Crippen MR) is 105 cm³/mol. The first kappa shape index (κ1) is 23.6. The van der Waals surface area contributed by atoms with Gasteiger partial charge in [0.25, 0.3) is 0 Å². The fraction of sp³-hybridized carbons (Fsp3) is 0.947. The summed E-state index contributed by atoms with van der Waals surface area (Å²) in [6, 6.07) is -0.233. The average molecular weight is 423 g/mol. The van der Waals surface area contributed by atoms with Gasteiger partial charge in [-0.15, -0.1) is 11.6 Å². The van der Waals surface area contributed by atoms with E-state index >= 15 is 0 Å². The molecule has 4 N–H and O–H groups in total. The first-order chi connectivity index (χ1) is 13.1. The molecule has 164 valence electrons. The van der Waals surface area contributed by atoms with Crippen molar-refractivity contribution in [2.45, 2.75) is 95.2 Å². The van der Waals surface area contributed by atoms with Gasteiger partial charge in [0, 0.05) is 18.5 Å². The molecule has 1 heterocycles. The van der Waals surface area contributed by atoms with Crippen molar-refractivity contribution in [2.75, 3.05) is 19.0 Å². The largest absolute Gasteiger partial charge is 0.388 e. The van der Waals surface area contributed by atoms with Crippen molar-refractivity contribution >= 4 is 17.6 Å². The van der Waals surface area contributed by atoms with E-state index < -0.39 is 36.3 Å². The van der Waals surface area contributed by atoms with Crippen LogP contribution in [0.15, 0.2) is 0 Å². The molecule has 2 rings (SSSR count). The summed E-state index contributed by atoms with van der Waals surface area (Å²) in [6.07, 6.45) is -1.14. The lowest BCUT2D eigenvalue weighted by atomic mass is 9.93. The summed E-state index contributed by atoms with van der Waals surface area (Å²) in [6.45, 7) is 5.86. The quantitative estimate of drug-likeness (QED) is 0.478. The van der Waals surface area contributed by atoms with E-state index in [4.69, 9.17) is 21.1 Å². The van der Waals surface area contributed by atoms with Crippen LogP contribution in [0, 0.1) is 0 Å². The van der Waals surface area contributed by atoms with Crippen LogP contribution in [0.5, 0.6) is 0 Å². The molecule has 8 nitrogen and oxygen atoms in total. The smallest absolute Gasteiger partial charge is 0.317 e. The molecule has 0 bridgehead atoms. The van der Waals surface area contributed by atoms with Gasteiger partial charge in [-0.1, -0.05) is 19.3 Å². The van der Waals surface area contributed by atoms with E-state index in [2.05, 4.69) is 5.32 Å². The summed E-state index contributed by atoms with van der Waals surface area (Å²) in [5.74, 6) is 0.305. The van der Waals surface area contributed by atoms with Crippen molar-refractivity contribution in [3.05, 3.63) is 0 Å². The van der Waals surface area contributed by atoms with E-state index in [0.717, 1.165) is 32.1 Å². The summed E-state index contributed by atoms with van der Waals surface area (Å²) >= 11 is 5.69. The Morgan fingerprint density at radius 3 is 2.36 bits per heavy atom. The van der Waals surface area contributed by atoms with Crippen molar-refractivity contribution in [2.24, 2.45) is 0 Å². The van der Waals surface area contributed by atoms with Crippen LogP contribution in [-0.2, 0) is 9.47 Å². The molecule has 2 fully saturated rings. The topological polar surface area (TPSA) is 111 Å². The molecule has 0 radical (unpaired) electrons. The third-order valence-electron chi connectivity index (χ3n) is 5.16. The van der Waals surface area contributed by atoms with Crippen LogP contribution in [0.25, 0.3) is 0 Å². The highest BCUT2D eigenvalue weighted by Crippen LogP contribution is 2.28. The van der Waals surface area contributed by atoms with E-state index in [1.807, 2.05) is 20.8 Å². The first-order valence-corrected chi connectivity index (χ1v) is 10.7. The molecule has 2 amide bonds. The number of hydrogen-bond acceptors (Lipinski definition) is 6. The van der Waals surface area contributed by atoms with Crippen LogP contribution < -0.4 is 5.32 Å². The molecule has 0 spiro atoms. The molecule has 1 aliphatic heterocycles. The van der Waals surface area contributed by atoms with Crippen LogP contribution in [0.2, 0.25) is 0 Å². The first-order valence-electron chi connectivity index (χ1n) is 10.1. The molecule has 9 heteroatoms. The number of nitrogens with zero attached hydrogens (tertiary/aromatic N) is 1. The molecule has 2 aliphatic rings. The van der Waals surface area contributed by atoms with E-state index in [-0.39, 0.29) is 18.6 Å². The molecular weight excluding hydrogens is 388 g/mol. The lowest BCUT2D eigenvalue weighted by molar-refractivity contribution is -0.318. The van der Waals surface area contributed by atoms with Gasteiger partial charge >= 0.3 is 6.03 Å². The number of nitrogens with one attached hydrogen (secondary N) is 1. The van der Waals surface area contributed by atoms with E-state index in [1.165, 1.54) is 0 Å². The Hall–Kier alpha value is -0.640. The number of aliphatic hydroxyl groups excluding tert-OH is 3. The van der Waals surface area contributed by atoms with Crippen LogP contribution in [0.3, 0.4) is 0 Å². The number of amides is 2. The number of halogens is 1. The fourth-order valence-corrected chi connectivity index (χ4v) is 3.85. The Bertz CT molecular complexity index is 497. The molecule has 0 aromatic carbocycles. The number of urea groups is 1. The highest BCUT2D eigenvalue weighted by atomic mass is 35.5. The summed E-state index contributed by atoms with van der Waals surface area (Å²) in [5, 5.41) is 33.8. The van der Waals surface area contributed by atoms with Gasteiger partial charge in [-0.25, -0.2) is 4.79 Å². The molecular formula is C19H35ClN2O6. The van der Waals surface area contributed by atoms with Crippen LogP contribution in [0.4, 0.5) is 4.79 Å². The van der Waals surface area contributed by atoms with Crippen molar-refractivity contribution < 1.29 is 29.6 Å². The van der Waals surface area contributed by atoms with Crippen molar-refractivity contribution in [3.8, 4) is 0 Å². The summed E-state index contributed by atoms with van der Waals surface area (Å²) < 4.78 is 11.5. The summed E-state index contributed by atoms with van der Waals surface area (Å²) in [4.78, 5) is 14.4. The standard InChI is InChI=1S/C19H35ClN2O6/c1-19(2,3)28-17-16(25)15(24)14(23)13(27-17)11-22(18(26)21-10-9-20)12-7-5-4-6-8-12/h12-17,23-25H,4-11H2,1-3H3,(H,21,26). The zero-order chi connectivity index (χ0) is 20.9. The fourth-order valence-electron chi connectivity index (χ4n) is 3.75. The van der Waals surface area contributed by atoms with Gasteiger partial charge in [-0.05, 0) is 33.6 Å². The Morgan fingerprint density at radius 1 is 1.14 bits per heavy atom. The highest BCUT2D eigenvalue weighted by Gasteiger charge is 2.46. The van der Waals surface area contributed by atoms with Gasteiger partial charge in [0.2, 0.25) is 0 Å². The van der Waals surface area contributed by atoms with Crippen LogP contribution >= 0.6 is 11.6 Å². The molecule has 5 unspecified atom stereocenters. The molecule has 1 saturated heterocycles. The van der Waals surface area contributed by atoms with E-state index in [0.29, 0.717) is 12.4 Å². The Labute approximate surface area is 172 Å². The minimum atomic E-state index is -1.43. The second-order valence-corrected chi connectivity index (χ2v) is 8.99. The number of carbonyl (C=O) groups excluding carboxylic acids is 1. The molecule has 0 aromatic rings. The number of rotatable bonds is 6. The molecule has 0 aromatic heterocycles. The SMILES string of the molecule is CC(C)(C)OC1OC(CN(C(=O)NCCCl)C2CCCCC2)C(O)C(O)C1O. The van der Waals surface area contributed by atoms with Crippen molar-refractivity contribution in [3.63, 3.8) is 0 Å². The maximum atomic E-state index is 12.7. The number of hydrogen-bond donors (Lipinski definition) is 4. The minimum Gasteiger partial charge on any atom is -0.388 e. The maximum Gasteiger partial charge on any atom is 0.317 e. The van der Waals surface area contributed by atoms with Crippen molar-refractivity contribution in [1.82, 2.24) is 10.2 Å². The van der Waals surface area contributed by atoms with Gasteiger partial charge in [0.15, 0.2) is 6.29 Å². The third-order valence-corrected chi connectivity index (χ3v) is 5.35. The Morgan fingerprint density at radius 2 is 1.79 bits per heavy atom. The van der Waals surface area contributed by atoms with Gasteiger partial charge in [0.05, 0.1) is 12.1 Å². The summed E-state index contributed by atoms with van der Waals surface area (Å²) in [7, 11) is 0. The normalized spacial score (nSPS) is 32.2. The molecule has 5 atom stereocenters. The van der Waals surface area contributed by atoms with Crippen molar-refractivity contribution in [1.29, 1.82) is 0 Å². The lowest BCUT2D eigenvalue weighted by Gasteiger charge is -2.45. The van der Waals surface area contributed by atoms with Gasteiger partial charge in [0.1, 0.15) is 24.4 Å². The zero-order valence-corrected chi connectivity index (χ0v) is 17.8. The predicted octanol–water partition coefficient (Wildman–Crippen LogP) is 1.19. The van der Waals surface area contributed by atoms with E-state index in [9.17, 15) is 20.1 Å². The summed E-state index contributed by atoms with van der Waals surface area (Å²) in [5.41, 5.74) is -0.612. The second kappa shape index (κ2) is 10.4. The lowest BCUT2D eigenvalue weighted by Crippen LogP contribution is -2.63. The monoisotopic (exact) mass is 422 g/mol. The Kier molecular flexibility index (Phi) is 8.79. The molecule has 1 saturated carbocycles. The van der Waals surface area contributed by atoms with Gasteiger partial charge < -0.3 is 35.0 Å². The van der Waals surface area contributed by atoms with Crippen LogP contribution in [-0.4, -0.2) is 87.6 Å². The van der Waals surface area contributed by atoms with Crippen LogP contribution in [0.1, 0.15) is 52.9 Å². The highest BCUT2D eigenvalue weighted by molar-refractivity contribution is 6.18. The third kappa shape index (κ3) is 6.43. The molecule has 1 aliphatic carbocycles. The number of alkyl halides is 1. The zero-order valence-electron chi connectivity index (χ0n) is 17.0. The van der Waals surface area contributed by atoms with E-state index in [1.54, 1.807) is 4.90 Å². The minimum absolute atomic E-state index is 0.0332. The number of aliphatic hydroxyl groups is 3. The van der Waals surface area contributed by atoms with Gasteiger partial charge in [-0.2, -0.15) is 0 Å². The Balaban J connectivity index is 2.13. The maximum absolute atomic E-state index is 12.7. The molecule has 28 heavy (non-hydrogen) atoms. The number of carbonyl (C=O) groups is 1.